The maximum Gasteiger partial charge on any atom is 0.248 e. The van der Waals surface area contributed by atoms with Crippen LogP contribution in [0, 0.1) is 0 Å². The van der Waals surface area contributed by atoms with Gasteiger partial charge in [0.1, 0.15) is 0 Å². The van der Waals surface area contributed by atoms with Gasteiger partial charge in [0, 0.05) is 30.4 Å². The Morgan fingerprint density at radius 2 is 1.82 bits per heavy atom. The standard InChI is InChI=1S/C19H24N6O2S/c20-17(27)13-4-6-14(7-5-13)21-16(26)12-28-19-23-22-18(25(19)15-8-9-15)24-10-2-1-3-11-24/h4-7,15H,1-3,8-12H2,(H2,20,27)(H,21,26). The van der Waals surface area contributed by atoms with Crippen molar-refractivity contribution in [1.82, 2.24) is 14.8 Å². The topological polar surface area (TPSA) is 106 Å². The van der Waals surface area contributed by atoms with Crippen LogP contribution in [0.3, 0.4) is 0 Å². The zero-order chi connectivity index (χ0) is 19.5. The van der Waals surface area contributed by atoms with Crippen molar-refractivity contribution in [2.45, 2.75) is 43.3 Å². The summed E-state index contributed by atoms with van der Waals surface area (Å²) in [6.07, 6.45) is 5.94. The molecule has 2 heterocycles. The maximum absolute atomic E-state index is 12.3. The number of carbonyl (C=O) groups is 2. The Morgan fingerprint density at radius 1 is 1.11 bits per heavy atom. The molecule has 148 valence electrons. The predicted molar refractivity (Wildman–Crippen MR) is 109 cm³/mol. The fourth-order valence-electron chi connectivity index (χ4n) is 3.37. The van der Waals surface area contributed by atoms with Crippen molar-refractivity contribution in [3.63, 3.8) is 0 Å². The molecule has 8 nitrogen and oxygen atoms in total. The van der Waals surface area contributed by atoms with Crippen molar-refractivity contribution >= 4 is 35.2 Å². The second-order valence-electron chi connectivity index (χ2n) is 7.21. The van der Waals surface area contributed by atoms with E-state index in [-0.39, 0.29) is 11.7 Å². The summed E-state index contributed by atoms with van der Waals surface area (Å²) in [5.74, 6) is 0.591. The van der Waals surface area contributed by atoms with E-state index in [9.17, 15) is 9.59 Å². The Labute approximate surface area is 167 Å². The summed E-state index contributed by atoms with van der Waals surface area (Å²) in [5, 5.41) is 12.4. The van der Waals surface area contributed by atoms with Crippen LogP contribution in [-0.4, -0.2) is 45.4 Å². The van der Waals surface area contributed by atoms with Crippen molar-refractivity contribution in [3.05, 3.63) is 29.8 Å². The first kappa shape index (κ1) is 18.8. The molecule has 0 atom stereocenters. The molecule has 0 spiro atoms. The highest BCUT2D eigenvalue weighted by Gasteiger charge is 2.32. The van der Waals surface area contributed by atoms with E-state index in [0.717, 1.165) is 37.0 Å². The molecule has 1 aromatic carbocycles. The van der Waals surface area contributed by atoms with Crippen molar-refractivity contribution in [1.29, 1.82) is 0 Å². The van der Waals surface area contributed by atoms with Gasteiger partial charge >= 0.3 is 0 Å². The van der Waals surface area contributed by atoms with Gasteiger partial charge in [0.15, 0.2) is 5.16 Å². The van der Waals surface area contributed by atoms with Crippen molar-refractivity contribution in [3.8, 4) is 0 Å². The first-order chi connectivity index (χ1) is 13.6. The van der Waals surface area contributed by atoms with Crippen LogP contribution >= 0.6 is 11.8 Å². The third-order valence-corrected chi connectivity index (χ3v) is 5.93. The molecule has 1 aliphatic carbocycles. The lowest BCUT2D eigenvalue weighted by Gasteiger charge is -2.27. The van der Waals surface area contributed by atoms with Crippen molar-refractivity contribution < 1.29 is 9.59 Å². The number of nitrogens with one attached hydrogen (secondary N) is 1. The molecule has 0 bridgehead atoms. The highest BCUT2D eigenvalue weighted by molar-refractivity contribution is 7.99. The van der Waals surface area contributed by atoms with Gasteiger partial charge < -0.3 is 16.0 Å². The average molecular weight is 401 g/mol. The molecular weight excluding hydrogens is 376 g/mol. The zero-order valence-electron chi connectivity index (χ0n) is 15.6. The van der Waals surface area contributed by atoms with Crippen LogP contribution in [0.4, 0.5) is 11.6 Å². The van der Waals surface area contributed by atoms with Crippen LogP contribution in [0.2, 0.25) is 0 Å². The molecule has 4 rings (SSSR count). The van der Waals surface area contributed by atoms with Gasteiger partial charge in [-0.3, -0.25) is 14.2 Å². The molecule has 2 aliphatic rings. The number of anilines is 2. The minimum absolute atomic E-state index is 0.123. The fourth-order valence-corrected chi connectivity index (χ4v) is 4.18. The molecule has 1 saturated carbocycles. The number of hydrogen-bond donors (Lipinski definition) is 2. The Kier molecular flexibility index (Phi) is 5.52. The third kappa shape index (κ3) is 4.30. The average Bonchev–Trinajstić information content (AvgIpc) is 3.46. The number of nitrogens with zero attached hydrogens (tertiary/aromatic N) is 4. The number of hydrogen-bond acceptors (Lipinski definition) is 6. The summed E-state index contributed by atoms with van der Waals surface area (Å²) in [7, 11) is 0. The molecule has 2 aromatic rings. The smallest absolute Gasteiger partial charge is 0.248 e. The first-order valence-electron chi connectivity index (χ1n) is 9.64. The van der Waals surface area contributed by atoms with Gasteiger partial charge in [-0.25, -0.2) is 0 Å². The van der Waals surface area contributed by atoms with Crippen LogP contribution in [-0.2, 0) is 4.79 Å². The number of rotatable bonds is 7. The highest BCUT2D eigenvalue weighted by atomic mass is 32.2. The highest BCUT2D eigenvalue weighted by Crippen LogP contribution is 2.41. The number of benzene rings is 1. The molecule has 3 N–H and O–H groups in total. The zero-order valence-corrected chi connectivity index (χ0v) is 16.5. The van der Waals surface area contributed by atoms with Crippen LogP contribution in [0.1, 0.15) is 48.5 Å². The number of aromatic nitrogens is 3. The molecule has 28 heavy (non-hydrogen) atoms. The first-order valence-corrected chi connectivity index (χ1v) is 10.6. The summed E-state index contributed by atoms with van der Waals surface area (Å²) < 4.78 is 2.21. The minimum Gasteiger partial charge on any atom is -0.366 e. The van der Waals surface area contributed by atoms with Gasteiger partial charge in [-0.2, -0.15) is 0 Å². The summed E-state index contributed by atoms with van der Waals surface area (Å²) >= 11 is 1.41. The molecule has 0 radical (unpaired) electrons. The number of amides is 2. The Balaban J connectivity index is 1.38. The van der Waals surface area contributed by atoms with Crippen LogP contribution < -0.4 is 16.0 Å². The van der Waals surface area contributed by atoms with Crippen LogP contribution in [0.15, 0.2) is 29.4 Å². The van der Waals surface area contributed by atoms with Gasteiger partial charge in [-0.15, -0.1) is 10.2 Å². The number of nitrogens with two attached hydrogens (primary N) is 1. The van der Waals surface area contributed by atoms with Gasteiger partial charge in [0.05, 0.1) is 5.75 Å². The Morgan fingerprint density at radius 3 is 2.46 bits per heavy atom. The van der Waals surface area contributed by atoms with Gasteiger partial charge in [0.25, 0.3) is 0 Å². The largest absolute Gasteiger partial charge is 0.366 e. The number of thioether (sulfide) groups is 1. The number of piperidine rings is 1. The normalized spacial score (nSPS) is 16.8. The van der Waals surface area contributed by atoms with E-state index < -0.39 is 5.91 Å². The van der Waals surface area contributed by atoms with E-state index in [1.54, 1.807) is 24.3 Å². The molecule has 2 amide bonds. The van der Waals surface area contributed by atoms with Gasteiger partial charge in [0.2, 0.25) is 17.8 Å². The van der Waals surface area contributed by atoms with E-state index in [1.807, 2.05) is 0 Å². The molecular formula is C19H24N6O2S. The molecule has 1 aromatic heterocycles. The fraction of sp³-hybridized carbons (Fsp3) is 0.474. The molecule has 2 fully saturated rings. The van der Waals surface area contributed by atoms with E-state index in [2.05, 4.69) is 25.0 Å². The Bertz CT molecular complexity index is 856. The lowest BCUT2D eigenvalue weighted by Crippen LogP contribution is -2.32. The second kappa shape index (κ2) is 8.22. The lowest BCUT2D eigenvalue weighted by molar-refractivity contribution is -0.113. The van der Waals surface area contributed by atoms with E-state index in [1.165, 1.54) is 31.0 Å². The monoisotopic (exact) mass is 400 g/mol. The summed E-state index contributed by atoms with van der Waals surface area (Å²) in [6, 6.07) is 6.99. The van der Waals surface area contributed by atoms with E-state index in [0.29, 0.717) is 17.3 Å². The molecule has 1 saturated heterocycles. The Hall–Kier alpha value is -2.55. The lowest BCUT2D eigenvalue weighted by atomic mass is 10.1. The minimum atomic E-state index is -0.489. The third-order valence-electron chi connectivity index (χ3n) is 4.98. The van der Waals surface area contributed by atoms with Crippen LogP contribution in [0.25, 0.3) is 0 Å². The molecule has 0 unspecified atom stereocenters. The predicted octanol–water partition coefficient (Wildman–Crippen LogP) is 2.43. The van der Waals surface area contributed by atoms with E-state index >= 15 is 0 Å². The van der Waals surface area contributed by atoms with E-state index in [4.69, 9.17) is 5.73 Å². The SMILES string of the molecule is NC(=O)c1ccc(NC(=O)CSc2nnc(N3CCCCC3)n2C2CC2)cc1. The summed E-state index contributed by atoms with van der Waals surface area (Å²) in [6.45, 7) is 2.05. The van der Waals surface area contributed by atoms with Gasteiger partial charge in [-0.05, 0) is 56.4 Å². The maximum atomic E-state index is 12.3. The number of carbonyl (C=O) groups excluding carboxylic acids is 2. The van der Waals surface area contributed by atoms with Crippen LogP contribution in [0.5, 0.6) is 0 Å². The second-order valence-corrected chi connectivity index (χ2v) is 8.15. The quantitative estimate of drug-likeness (QED) is 0.692. The van der Waals surface area contributed by atoms with Crippen molar-refractivity contribution in [2.24, 2.45) is 5.73 Å². The molecule has 9 heteroatoms. The number of primary amides is 1. The summed E-state index contributed by atoms with van der Waals surface area (Å²) in [5.41, 5.74) is 6.27. The molecule has 1 aliphatic heterocycles. The van der Waals surface area contributed by atoms with Crippen molar-refractivity contribution in [2.75, 3.05) is 29.1 Å². The summed E-state index contributed by atoms with van der Waals surface area (Å²) in [4.78, 5) is 25.8. The van der Waals surface area contributed by atoms with Gasteiger partial charge in [-0.1, -0.05) is 11.8 Å².